The quantitative estimate of drug-likeness (QED) is 0.612. The summed E-state index contributed by atoms with van der Waals surface area (Å²) in [5.41, 5.74) is 4.45. The first-order valence-corrected chi connectivity index (χ1v) is 8.44. The van der Waals surface area contributed by atoms with Gasteiger partial charge in [0.15, 0.2) is 0 Å². The standard InChI is InChI=1S/C20H27N/c1-4-5-6-15-7-11-18(12-8-15)21-14-16-9-10-17-13-19(16)20(17,2)3/h7-9,11-12,14,17,19H,4-6,10,13H2,1-3H3. The van der Waals surface area contributed by atoms with Crippen molar-refractivity contribution in [1.82, 2.24) is 0 Å². The lowest BCUT2D eigenvalue weighted by atomic mass is 9.49. The molecule has 1 nitrogen and oxygen atoms in total. The third-order valence-corrected chi connectivity index (χ3v) is 5.63. The molecule has 112 valence electrons. The van der Waals surface area contributed by atoms with Crippen LogP contribution in [0.4, 0.5) is 5.69 Å². The highest BCUT2D eigenvalue weighted by molar-refractivity contribution is 5.82. The molecule has 1 saturated carbocycles. The van der Waals surface area contributed by atoms with Crippen LogP contribution in [0, 0.1) is 17.3 Å². The van der Waals surface area contributed by atoms with E-state index in [2.05, 4.69) is 57.3 Å². The minimum absolute atomic E-state index is 0.486. The van der Waals surface area contributed by atoms with E-state index < -0.39 is 0 Å². The van der Waals surface area contributed by atoms with Crippen molar-refractivity contribution in [3.63, 3.8) is 0 Å². The fourth-order valence-electron chi connectivity index (χ4n) is 3.82. The second-order valence-corrected chi connectivity index (χ2v) is 7.27. The number of unbranched alkanes of at least 4 members (excludes halogenated alkanes) is 1. The highest BCUT2D eigenvalue weighted by atomic mass is 14.7. The zero-order valence-electron chi connectivity index (χ0n) is 13.6. The number of rotatable bonds is 5. The van der Waals surface area contributed by atoms with Crippen molar-refractivity contribution in [2.75, 3.05) is 0 Å². The third-order valence-electron chi connectivity index (χ3n) is 5.63. The Morgan fingerprint density at radius 2 is 2.00 bits per heavy atom. The van der Waals surface area contributed by atoms with Crippen molar-refractivity contribution in [3.05, 3.63) is 41.5 Å². The van der Waals surface area contributed by atoms with E-state index >= 15 is 0 Å². The Morgan fingerprint density at radius 3 is 2.62 bits per heavy atom. The van der Waals surface area contributed by atoms with E-state index in [1.54, 1.807) is 0 Å². The van der Waals surface area contributed by atoms with Crippen LogP contribution in [0.5, 0.6) is 0 Å². The maximum Gasteiger partial charge on any atom is 0.0629 e. The maximum atomic E-state index is 4.70. The molecule has 0 spiro atoms. The fraction of sp³-hybridized carbons (Fsp3) is 0.550. The molecule has 0 amide bonds. The molecule has 0 N–H and O–H groups in total. The van der Waals surface area contributed by atoms with E-state index in [4.69, 9.17) is 4.99 Å². The lowest BCUT2D eigenvalue weighted by molar-refractivity contribution is -0.00123. The van der Waals surface area contributed by atoms with Crippen molar-refractivity contribution in [2.24, 2.45) is 22.2 Å². The van der Waals surface area contributed by atoms with Gasteiger partial charge < -0.3 is 0 Å². The highest BCUT2D eigenvalue weighted by Crippen LogP contribution is 2.58. The van der Waals surface area contributed by atoms with Gasteiger partial charge in [-0.2, -0.15) is 0 Å². The van der Waals surface area contributed by atoms with E-state index in [0.717, 1.165) is 17.5 Å². The van der Waals surface area contributed by atoms with Gasteiger partial charge in [0.2, 0.25) is 0 Å². The number of benzene rings is 1. The average Bonchev–Trinajstić information content (AvgIpc) is 2.52. The van der Waals surface area contributed by atoms with Gasteiger partial charge in [0, 0.05) is 6.21 Å². The third kappa shape index (κ3) is 2.84. The molecule has 1 aromatic rings. The lowest BCUT2D eigenvalue weighted by Gasteiger charge is -2.55. The van der Waals surface area contributed by atoms with Gasteiger partial charge in [-0.1, -0.05) is 45.4 Å². The predicted molar refractivity (Wildman–Crippen MR) is 91.3 cm³/mol. The van der Waals surface area contributed by atoms with E-state index in [1.807, 2.05) is 0 Å². The second kappa shape index (κ2) is 5.79. The van der Waals surface area contributed by atoms with Crippen LogP contribution >= 0.6 is 0 Å². The van der Waals surface area contributed by atoms with Gasteiger partial charge in [0.1, 0.15) is 0 Å². The molecule has 1 aromatic carbocycles. The maximum absolute atomic E-state index is 4.70. The Kier molecular flexibility index (Phi) is 4.01. The van der Waals surface area contributed by atoms with Gasteiger partial charge >= 0.3 is 0 Å². The Bertz CT molecular complexity index is 548. The molecule has 2 bridgehead atoms. The van der Waals surface area contributed by atoms with Crippen LogP contribution in [0.2, 0.25) is 0 Å². The van der Waals surface area contributed by atoms with Crippen LogP contribution in [-0.4, -0.2) is 6.21 Å². The molecule has 4 rings (SSSR count). The highest BCUT2D eigenvalue weighted by Gasteiger charge is 2.50. The second-order valence-electron chi connectivity index (χ2n) is 7.27. The largest absolute Gasteiger partial charge is 0.257 e. The van der Waals surface area contributed by atoms with Crippen molar-refractivity contribution < 1.29 is 0 Å². The fourth-order valence-corrected chi connectivity index (χ4v) is 3.82. The molecule has 0 radical (unpaired) electrons. The minimum Gasteiger partial charge on any atom is -0.257 e. The molecule has 3 aliphatic carbocycles. The molecule has 2 atom stereocenters. The summed E-state index contributed by atoms with van der Waals surface area (Å²) in [6.07, 6.45) is 10.8. The molecule has 0 saturated heterocycles. The summed E-state index contributed by atoms with van der Waals surface area (Å²) < 4.78 is 0. The van der Waals surface area contributed by atoms with Crippen molar-refractivity contribution in [2.45, 2.75) is 52.9 Å². The van der Waals surface area contributed by atoms with Crippen LogP contribution in [0.1, 0.15) is 52.0 Å². The molecular formula is C20H27N. The first-order valence-electron chi connectivity index (χ1n) is 8.44. The van der Waals surface area contributed by atoms with E-state index in [9.17, 15) is 0 Å². The molecule has 21 heavy (non-hydrogen) atoms. The van der Waals surface area contributed by atoms with Crippen LogP contribution < -0.4 is 0 Å². The van der Waals surface area contributed by atoms with Crippen LogP contribution in [0.3, 0.4) is 0 Å². The lowest BCUT2D eigenvalue weighted by Crippen LogP contribution is -2.48. The smallest absolute Gasteiger partial charge is 0.0629 e. The molecule has 0 aromatic heterocycles. The number of hydrogen-bond acceptors (Lipinski definition) is 1. The van der Waals surface area contributed by atoms with E-state index in [-0.39, 0.29) is 0 Å². The predicted octanol–water partition coefficient (Wildman–Crippen LogP) is 5.72. The number of nitrogens with zero attached hydrogens (tertiary/aromatic N) is 1. The molecule has 2 unspecified atom stereocenters. The van der Waals surface area contributed by atoms with Crippen LogP contribution in [0.15, 0.2) is 40.9 Å². The van der Waals surface area contributed by atoms with Gasteiger partial charge in [-0.05, 0) is 66.2 Å². The normalized spacial score (nSPS) is 26.5. The number of aryl methyl sites for hydroxylation is 1. The monoisotopic (exact) mass is 281 g/mol. The molecule has 1 heteroatoms. The summed E-state index contributed by atoms with van der Waals surface area (Å²) in [5.74, 6) is 1.63. The molecular weight excluding hydrogens is 254 g/mol. The Hall–Kier alpha value is -1.37. The Balaban J connectivity index is 1.65. The topological polar surface area (TPSA) is 12.4 Å². The van der Waals surface area contributed by atoms with Crippen molar-refractivity contribution in [3.8, 4) is 0 Å². The van der Waals surface area contributed by atoms with Gasteiger partial charge in [-0.15, -0.1) is 0 Å². The van der Waals surface area contributed by atoms with E-state index in [0.29, 0.717) is 5.41 Å². The zero-order valence-corrected chi connectivity index (χ0v) is 13.6. The summed E-state index contributed by atoms with van der Waals surface area (Å²) in [6, 6.07) is 8.75. The summed E-state index contributed by atoms with van der Waals surface area (Å²) >= 11 is 0. The summed E-state index contributed by atoms with van der Waals surface area (Å²) in [5, 5.41) is 0. The Labute approximate surface area is 129 Å². The summed E-state index contributed by atoms with van der Waals surface area (Å²) in [7, 11) is 0. The van der Waals surface area contributed by atoms with Crippen LogP contribution in [0.25, 0.3) is 0 Å². The SMILES string of the molecule is CCCCc1ccc(N=CC2=CCC3CC2C3(C)C)cc1. The molecule has 1 fully saturated rings. The number of aliphatic imine (C=N–C) groups is 1. The van der Waals surface area contributed by atoms with Crippen molar-refractivity contribution in [1.29, 1.82) is 0 Å². The van der Waals surface area contributed by atoms with Gasteiger partial charge in [-0.3, -0.25) is 4.99 Å². The summed E-state index contributed by atoms with van der Waals surface area (Å²) in [4.78, 5) is 4.70. The van der Waals surface area contributed by atoms with Gasteiger partial charge in [0.25, 0.3) is 0 Å². The molecule has 3 aliphatic rings. The minimum atomic E-state index is 0.486. The van der Waals surface area contributed by atoms with Gasteiger partial charge in [0.05, 0.1) is 5.69 Å². The zero-order chi connectivity index (χ0) is 14.9. The molecule has 0 aliphatic heterocycles. The van der Waals surface area contributed by atoms with Crippen LogP contribution in [-0.2, 0) is 6.42 Å². The van der Waals surface area contributed by atoms with Gasteiger partial charge in [-0.25, -0.2) is 0 Å². The summed E-state index contributed by atoms with van der Waals surface area (Å²) in [6.45, 7) is 7.06. The number of hydrogen-bond donors (Lipinski definition) is 0. The van der Waals surface area contributed by atoms with E-state index in [1.165, 1.54) is 43.2 Å². The Morgan fingerprint density at radius 1 is 1.24 bits per heavy atom. The average molecular weight is 281 g/mol. The molecule has 0 heterocycles. The van der Waals surface area contributed by atoms with Crippen molar-refractivity contribution >= 4 is 11.9 Å². The first-order chi connectivity index (χ1) is 10.1. The number of allylic oxidation sites excluding steroid dienone is 2. The number of fused-ring (bicyclic) bond motifs is 1. The first kappa shape index (κ1) is 14.6.